The Morgan fingerprint density at radius 3 is 2.83 bits per heavy atom. The summed E-state index contributed by atoms with van der Waals surface area (Å²) >= 11 is 1.34. The van der Waals surface area contributed by atoms with Crippen LogP contribution in [0.25, 0.3) is 0 Å². The molecule has 0 radical (unpaired) electrons. The molecular weight excluding hydrogens is 333 g/mol. The van der Waals surface area contributed by atoms with E-state index in [9.17, 15) is 19.8 Å². The molecule has 0 aliphatic carbocycles. The van der Waals surface area contributed by atoms with Crippen LogP contribution in [0.15, 0.2) is 16.9 Å². The van der Waals surface area contributed by atoms with Crippen LogP contribution in [0.3, 0.4) is 0 Å². The van der Waals surface area contributed by atoms with Crippen LogP contribution in [-0.4, -0.2) is 54.1 Å². The largest absolute Gasteiger partial charge is 1.00 e. The van der Waals surface area contributed by atoms with Gasteiger partial charge < -0.3 is 15.0 Å². The quantitative estimate of drug-likeness (QED) is 0.297. The number of carbonyl (C=O) groups is 2. The smallest absolute Gasteiger partial charge is 0.543 e. The average Bonchev–Trinajstić information content (AvgIpc) is 3.10. The van der Waals surface area contributed by atoms with Crippen LogP contribution in [0.2, 0.25) is 0 Å². The zero-order valence-corrected chi connectivity index (χ0v) is 15.4. The van der Waals surface area contributed by atoms with E-state index in [1.807, 2.05) is 0 Å². The van der Waals surface area contributed by atoms with E-state index in [0.717, 1.165) is 12.8 Å². The molecule has 1 aromatic rings. The Hall–Kier alpha value is -0.940. The number of thioether (sulfide) groups is 1. The summed E-state index contributed by atoms with van der Waals surface area (Å²) in [6.45, 7) is 0.386. The third-order valence-corrected chi connectivity index (χ3v) is 5.21. The summed E-state index contributed by atoms with van der Waals surface area (Å²) < 4.78 is 1.61. The van der Waals surface area contributed by atoms with Gasteiger partial charge in [-0.1, -0.05) is 0 Å². The predicted octanol–water partition coefficient (Wildman–Crippen LogP) is -4.67. The monoisotopic (exact) mass is 347 g/mol. The summed E-state index contributed by atoms with van der Waals surface area (Å²) in [7, 11) is 0. The van der Waals surface area contributed by atoms with Crippen molar-refractivity contribution in [1.82, 2.24) is 25.1 Å². The minimum absolute atomic E-state index is 0. The van der Waals surface area contributed by atoms with Gasteiger partial charge in [-0.05, 0) is 29.7 Å². The zero-order valence-electron chi connectivity index (χ0n) is 12.6. The van der Waals surface area contributed by atoms with Crippen molar-refractivity contribution >= 4 is 23.6 Å². The number of unbranched alkanes of at least 4 members (excludes halogenated alkanes) is 1. The van der Waals surface area contributed by atoms with E-state index >= 15 is 0 Å². The van der Waals surface area contributed by atoms with Gasteiger partial charge in [0.15, 0.2) is 0 Å². The first-order chi connectivity index (χ1) is 10.6. The molecule has 9 nitrogen and oxygen atoms in total. The molecule has 118 valence electrons. The number of aliphatic hydroxyl groups is 1. The van der Waals surface area contributed by atoms with Crippen LogP contribution in [0.4, 0.5) is 0 Å². The molecule has 0 aromatic carbocycles. The molecule has 0 saturated carbocycles. The second kappa shape index (κ2) is 7.75. The summed E-state index contributed by atoms with van der Waals surface area (Å²) in [4.78, 5) is 25.0. The van der Waals surface area contributed by atoms with Gasteiger partial charge in [-0.2, -0.15) is 0 Å². The molecule has 1 saturated heterocycles. The molecule has 3 rings (SSSR count). The molecule has 11 heteroatoms. The number of hydrogen-bond acceptors (Lipinski definition) is 8. The maximum Gasteiger partial charge on any atom is 1.00 e. The molecule has 2 aliphatic rings. The van der Waals surface area contributed by atoms with E-state index in [1.165, 1.54) is 23.0 Å². The van der Waals surface area contributed by atoms with Gasteiger partial charge in [-0.3, -0.25) is 9.69 Å². The first-order valence-electron chi connectivity index (χ1n) is 6.89. The van der Waals surface area contributed by atoms with Crippen molar-refractivity contribution < 1.29 is 49.4 Å². The molecule has 1 amide bonds. The van der Waals surface area contributed by atoms with Gasteiger partial charge in [-0.25, -0.2) is 4.68 Å². The number of aryl methyl sites for hydroxylation is 1. The number of nitrogens with zero attached hydrogens (tertiary/aromatic N) is 5. The topological polar surface area (TPSA) is 124 Å². The molecule has 23 heavy (non-hydrogen) atoms. The molecule has 0 spiro atoms. The van der Waals surface area contributed by atoms with E-state index in [2.05, 4.69) is 15.5 Å². The number of rotatable bonds is 7. The third-order valence-electron chi connectivity index (χ3n) is 3.74. The first-order valence-corrected chi connectivity index (χ1v) is 7.77. The van der Waals surface area contributed by atoms with Gasteiger partial charge in [0.2, 0.25) is 5.91 Å². The van der Waals surface area contributed by atoms with Gasteiger partial charge in [0.25, 0.3) is 0 Å². The van der Waals surface area contributed by atoms with Crippen molar-refractivity contribution in [3.8, 4) is 0 Å². The van der Waals surface area contributed by atoms with Crippen molar-refractivity contribution in [2.75, 3.05) is 6.61 Å². The van der Waals surface area contributed by atoms with E-state index in [0.29, 0.717) is 17.9 Å². The number of hydrogen-bond donors (Lipinski definition) is 1. The Morgan fingerprint density at radius 2 is 2.22 bits per heavy atom. The number of carboxylic acid groups (broad SMARTS) is 1. The maximum absolute atomic E-state index is 11.8. The maximum atomic E-state index is 11.8. The number of tetrazole rings is 1. The molecular formula is C12H14N5NaO4S. The number of aliphatic hydroxyl groups excluding tert-OH is 1. The number of amides is 1. The number of aliphatic carboxylic acids is 1. The van der Waals surface area contributed by atoms with Gasteiger partial charge in [-0.15, -0.1) is 16.9 Å². The van der Waals surface area contributed by atoms with Crippen molar-refractivity contribution in [3.63, 3.8) is 0 Å². The third kappa shape index (κ3) is 3.45. The standard InChI is InChI=1S/C12H15N5O4S.Na/c18-5-7-10(19)17-9(12(20)21)8(22-11(7)17)3-1-2-4-16-6-13-14-15-16;/h6-7,11,18H,1-5H2,(H,20,21);/q;+1/p-1/t7-,11+;/m0./s1. The first kappa shape index (κ1) is 18.4. The second-order valence-corrected chi connectivity index (χ2v) is 6.31. The van der Waals surface area contributed by atoms with Crippen molar-refractivity contribution in [1.29, 1.82) is 0 Å². The van der Waals surface area contributed by atoms with Gasteiger partial charge >= 0.3 is 29.6 Å². The summed E-state index contributed by atoms with van der Waals surface area (Å²) in [5.41, 5.74) is -0.0351. The molecule has 2 aliphatic heterocycles. The summed E-state index contributed by atoms with van der Waals surface area (Å²) in [5, 5.41) is 31.0. The van der Waals surface area contributed by atoms with E-state index in [4.69, 9.17) is 0 Å². The SMILES string of the molecule is O=C([O-])C1=C(CCCCn2cnnn2)S[C@@H]2[C@@H](CO)C(=O)N12.[Na+]. The van der Waals surface area contributed by atoms with E-state index in [-0.39, 0.29) is 53.1 Å². The molecule has 0 bridgehead atoms. The van der Waals surface area contributed by atoms with Crippen LogP contribution in [0.5, 0.6) is 0 Å². The van der Waals surface area contributed by atoms with Crippen LogP contribution < -0.4 is 34.7 Å². The fourth-order valence-corrected chi connectivity index (χ4v) is 4.16. The number of β-lactam (4-membered cyclic amide) rings is 1. The Balaban J connectivity index is 0.00000192. The number of carbonyl (C=O) groups excluding carboxylic acids is 2. The number of carboxylic acids is 1. The number of fused-ring (bicyclic) bond motifs is 1. The fraction of sp³-hybridized carbons (Fsp3) is 0.583. The van der Waals surface area contributed by atoms with Gasteiger partial charge in [0.1, 0.15) is 11.7 Å². The molecule has 1 aromatic heterocycles. The van der Waals surface area contributed by atoms with Crippen molar-refractivity contribution in [3.05, 3.63) is 16.9 Å². The average molecular weight is 347 g/mol. The molecule has 0 unspecified atom stereocenters. The van der Waals surface area contributed by atoms with Crippen molar-refractivity contribution in [2.45, 2.75) is 31.2 Å². The van der Waals surface area contributed by atoms with Crippen LogP contribution >= 0.6 is 11.8 Å². The Bertz CT molecular complexity index is 623. The molecule has 2 atom stereocenters. The Morgan fingerprint density at radius 1 is 1.43 bits per heavy atom. The molecule has 1 N–H and O–H groups in total. The Labute approximate surface area is 158 Å². The fourth-order valence-electron chi connectivity index (χ4n) is 2.63. The Kier molecular flexibility index (Phi) is 6.20. The number of aromatic nitrogens is 4. The minimum atomic E-state index is -1.34. The zero-order chi connectivity index (χ0) is 15.7. The van der Waals surface area contributed by atoms with Crippen molar-refractivity contribution in [2.24, 2.45) is 5.92 Å². The number of allylic oxidation sites excluding steroid dienone is 1. The van der Waals surface area contributed by atoms with Gasteiger partial charge in [0, 0.05) is 11.4 Å². The summed E-state index contributed by atoms with van der Waals surface area (Å²) in [6, 6.07) is 0. The minimum Gasteiger partial charge on any atom is -0.543 e. The van der Waals surface area contributed by atoms with Gasteiger partial charge in [0.05, 0.1) is 24.2 Å². The molecule has 3 heterocycles. The van der Waals surface area contributed by atoms with Crippen LogP contribution in [0, 0.1) is 5.92 Å². The van der Waals surface area contributed by atoms with E-state index in [1.54, 1.807) is 4.68 Å². The normalized spacial score (nSPS) is 22.7. The molecule has 1 fully saturated rings. The van der Waals surface area contributed by atoms with Crippen LogP contribution in [0.1, 0.15) is 19.3 Å². The summed E-state index contributed by atoms with van der Waals surface area (Å²) in [5.74, 6) is -2.20. The second-order valence-electron chi connectivity index (χ2n) is 5.09. The summed E-state index contributed by atoms with van der Waals surface area (Å²) in [6.07, 6.45) is 3.61. The van der Waals surface area contributed by atoms with E-state index < -0.39 is 11.9 Å². The van der Waals surface area contributed by atoms with Crippen LogP contribution in [-0.2, 0) is 16.1 Å². The predicted molar refractivity (Wildman–Crippen MR) is 72.5 cm³/mol.